The molecule has 1 heterocycles. The quantitative estimate of drug-likeness (QED) is 0.748. The van der Waals surface area contributed by atoms with Gasteiger partial charge in [0, 0.05) is 14.7 Å². The fraction of sp³-hybridized carbons (Fsp3) is 0. The smallest absolute Gasteiger partial charge is 0.181 e. The predicted molar refractivity (Wildman–Crippen MR) is 56.6 cm³/mol. The minimum absolute atomic E-state index is 0.189. The Morgan fingerprint density at radius 1 is 1.43 bits per heavy atom. The fourth-order valence-corrected chi connectivity index (χ4v) is 2.54. The lowest BCUT2D eigenvalue weighted by Crippen LogP contribution is -1.92. The summed E-state index contributed by atoms with van der Waals surface area (Å²) in [5.74, 6) is 0. The molecule has 0 atom stereocenters. The van der Waals surface area contributed by atoms with E-state index in [9.17, 15) is 8.42 Å². The molecule has 0 spiro atoms. The van der Waals surface area contributed by atoms with Gasteiger partial charge in [-0.3, -0.25) is 8.42 Å². The highest BCUT2D eigenvalue weighted by Gasteiger charge is 2.05. The van der Waals surface area contributed by atoms with E-state index in [1.807, 2.05) is 0 Å². The SMILES string of the molecule is [CH2-]S(=O)(=O)c1ccc2nc(N)sc2c1. The van der Waals surface area contributed by atoms with E-state index >= 15 is 0 Å². The third-order valence-corrected chi connectivity index (χ3v) is 3.56. The molecule has 0 aliphatic carbocycles. The maximum atomic E-state index is 11.1. The molecule has 2 N–H and O–H groups in total. The molecule has 2 rings (SSSR count). The van der Waals surface area contributed by atoms with Gasteiger partial charge in [0.1, 0.15) is 0 Å². The predicted octanol–water partition coefficient (Wildman–Crippen LogP) is 1.44. The van der Waals surface area contributed by atoms with E-state index in [0.29, 0.717) is 10.6 Å². The first-order valence-electron chi connectivity index (χ1n) is 3.71. The summed E-state index contributed by atoms with van der Waals surface area (Å²) in [4.78, 5) is 4.21. The van der Waals surface area contributed by atoms with Gasteiger partial charge in [-0.25, -0.2) is 11.2 Å². The summed E-state index contributed by atoms with van der Waals surface area (Å²) in [6.45, 7) is 0. The average Bonchev–Trinajstić information content (AvgIpc) is 2.41. The first kappa shape index (κ1) is 9.42. The number of rotatable bonds is 1. The Morgan fingerprint density at radius 2 is 2.14 bits per heavy atom. The number of anilines is 1. The van der Waals surface area contributed by atoms with Crippen molar-refractivity contribution >= 4 is 36.5 Å². The molecule has 4 nitrogen and oxygen atoms in total. The molecule has 0 unspecified atom stereocenters. The second-order valence-corrected chi connectivity index (χ2v) is 5.56. The molecule has 0 aliphatic rings. The first-order chi connectivity index (χ1) is 6.47. The van der Waals surface area contributed by atoms with Crippen molar-refractivity contribution < 1.29 is 8.42 Å². The van der Waals surface area contributed by atoms with Crippen molar-refractivity contribution in [2.24, 2.45) is 0 Å². The molecule has 0 amide bonds. The zero-order valence-corrected chi connectivity index (χ0v) is 8.73. The van der Waals surface area contributed by atoms with E-state index in [0.717, 1.165) is 4.70 Å². The van der Waals surface area contributed by atoms with Crippen molar-refractivity contribution in [1.29, 1.82) is 0 Å². The van der Waals surface area contributed by atoms with Crippen LogP contribution in [0.1, 0.15) is 0 Å². The Kier molecular flexibility index (Phi) is 1.97. The zero-order chi connectivity index (χ0) is 10.3. The fourth-order valence-electron chi connectivity index (χ4n) is 1.12. The molecule has 2 aromatic rings. The lowest BCUT2D eigenvalue weighted by molar-refractivity contribution is 0.604. The highest BCUT2D eigenvalue weighted by Crippen LogP contribution is 2.26. The Balaban J connectivity index is 2.74. The van der Waals surface area contributed by atoms with Crippen LogP contribution in [0.5, 0.6) is 0 Å². The Labute approximate surface area is 85.3 Å². The molecule has 6 heteroatoms. The highest BCUT2D eigenvalue weighted by molar-refractivity contribution is 7.92. The van der Waals surface area contributed by atoms with Gasteiger partial charge in [-0.1, -0.05) is 11.3 Å². The molecule has 1 aromatic carbocycles. The monoisotopic (exact) mass is 227 g/mol. The van der Waals surface area contributed by atoms with Crippen molar-refractivity contribution in [3.63, 3.8) is 0 Å². The van der Waals surface area contributed by atoms with Gasteiger partial charge in [-0.2, -0.15) is 0 Å². The lowest BCUT2D eigenvalue weighted by Gasteiger charge is -2.01. The van der Waals surface area contributed by atoms with Crippen molar-refractivity contribution in [3.8, 4) is 0 Å². The van der Waals surface area contributed by atoms with Crippen LogP contribution in [0.4, 0.5) is 5.13 Å². The van der Waals surface area contributed by atoms with Crippen LogP contribution in [0.3, 0.4) is 0 Å². The van der Waals surface area contributed by atoms with Crippen molar-refractivity contribution in [3.05, 3.63) is 24.5 Å². The van der Waals surface area contributed by atoms with Gasteiger partial charge in [0.05, 0.1) is 10.2 Å². The lowest BCUT2D eigenvalue weighted by atomic mass is 10.3. The standard InChI is InChI=1S/C8H7N2O2S2/c1-14(11,12)5-2-3-6-7(4-5)13-8(9)10-6/h2-4H,1H2,(H2,9,10)/q-1. The van der Waals surface area contributed by atoms with Crippen LogP contribution in [-0.2, 0) is 9.84 Å². The maximum absolute atomic E-state index is 11.1. The molecule has 0 bridgehead atoms. The summed E-state index contributed by atoms with van der Waals surface area (Å²) in [5.41, 5.74) is 6.20. The summed E-state index contributed by atoms with van der Waals surface area (Å²) in [6.07, 6.45) is 3.08. The van der Waals surface area contributed by atoms with Gasteiger partial charge in [-0.15, -0.1) is 0 Å². The molecular weight excluding hydrogens is 220 g/mol. The summed E-state index contributed by atoms with van der Waals surface area (Å²) in [7, 11) is -3.40. The molecule has 0 fully saturated rings. The number of nitrogens with zero attached hydrogens (tertiary/aromatic N) is 1. The third-order valence-electron chi connectivity index (χ3n) is 1.74. The van der Waals surface area contributed by atoms with E-state index in [-0.39, 0.29) is 4.90 Å². The largest absolute Gasteiger partial charge is 0.375 e. The number of nitrogens with two attached hydrogens (primary N) is 1. The second kappa shape index (κ2) is 2.93. The summed E-state index contributed by atoms with van der Waals surface area (Å²) in [5, 5.41) is 0.429. The Bertz CT molecular complexity index is 586. The van der Waals surface area contributed by atoms with Gasteiger partial charge in [0.2, 0.25) is 0 Å². The maximum Gasteiger partial charge on any atom is 0.181 e. The zero-order valence-electron chi connectivity index (χ0n) is 7.10. The molecule has 0 saturated heterocycles. The molecule has 0 radical (unpaired) electrons. The van der Waals surface area contributed by atoms with Crippen LogP contribution in [0.15, 0.2) is 23.1 Å². The van der Waals surface area contributed by atoms with Crippen LogP contribution in [0, 0.1) is 6.26 Å². The van der Waals surface area contributed by atoms with Gasteiger partial charge in [0.15, 0.2) is 5.13 Å². The Morgan fingerprint density at radius 3 is 2.79 bits per heavy atom. The number of aromatic nitrogens is 1. The molecular formula is C8H7N2O2S2-. The van der Waals surface area contributed by atoms with Crippen LogP contribution in [0.25, 0.3) is 10.2 Å². The van der Waals surface area contributed by atoms with Crippen LogP contribution >= 0.6 is 11.3 Å². The van der Waals surface area contributed by atoms with Crippen LogP contribution < -0.4 is 5.73 Å². The summed E-state index contributed by atoms with van der Waals surface area (Å²) >= 11 is 1.26. The van der Waals surface area contributed by atoms with E-state index in [1.165, 1.54) is 23.5 Å². The van der Waals surface area contributed by atoms with Crippen molar-refractivity contribution in [2.75, 3.05) is 5.73 Å². The van der Waals surface area contributed by atoms with Crippen molar-refractivity contribution in [2.45, 2.75) is 4.90 Å². The molecule has 0 saturated carbocycles. The molecule has 1 aromatic heterocycles. The van der Waals surface area contributed by atoms with Gasteiger partial charge in [-0.05, 0) is 18.2 Å². The van der Waals surface area contributed by atoms with E-state index < -0.39 is 9.84 Å². The first-order valence-corrected chi connectivity index (χ1v) is 6.18. The number of nitrogen functional groups attached to an aromatic ring is 1. The second-order valence-electron chi connectivity index (χ2n) is 2.80. The van der Waals surface area contributed by atoms with Gasteiger partial charge in [0.25, 0.3) is 0 Å². The average molecular weight is 227 g/mol. The van der Waals surface area contributed by atoms with E-state index in [4.69, 9.17) is 5.73 Å². The minimum Gasteiger partial charge on any atom is -0.375 e. The number of hydrogen-bond donors (Lipinski definition) is 1. The van der Waals surface area contributed by atoms with Crippen LogP contribution in [0.2, 0.25) is 0 Å². The van der Waals surface area contributed by atoms with Crippen molar-refractivity contribution in [1.82, 2.24) is 4.98 Å². The molecule has 14 heavy (non-hydrogen) atoms. The van der Waals surface area contributed by atoms with Gasteiger partial charge >= 0.3 is 0 Å². The number of thiazole rings is 1. The normalized spacial score (nSPS) is 12.1. The number of benzene rings is 1. The Hall–Kier alpha value is -1.14. The molecule has 74 valence electrons. The van der Waals surface area contributed by atoms with E-state index in [2.05, 4.69) is 11.2 Å². The number of fused-ring (bicyclic) bond motifs is 1. The molecule has 0 aliphatic heterocycles. The number of hydrogen-bond acceptors (Lipinski definition) is 5. The summed E-state index contributed by atoms with van der Waals surface area (Å²) in [6, 6.07) is 4.63. The minimum atomic E-state index is -3.40. The highest BCUT2D eigenvalue weighted by atomic mass is 32.2. The van der Waals surface area contributed by atoms with Gasteiger partial charge < -0.3 is 5.73 Å². The van der Waals surface area contributed by atoms with E-state index in [1.54, 1.807) is 6.07 Å². The number of sulfone groups is 1. The van der Waals surface area contributed by atoms with Crippen LogP contribution in [-0.4, -0.2) is 13.4 Å². The third kappa shape index (κ3) is 1.58. The topological polar surface area (TPSA) is 73.0 Å². The summed E-state index contributed by atoms with van der Waals surface area (Å²) < 4.78 is 23.0.